The summed E-state index contributed by atoms with van der Waals surface area (Å²) in [5, 5.41) is 6.76. The Morgan fingerprint density at radius 1 is 1.38 bits per heavy atom. The molecule has 4 nitrogen and oxygen atoms in total. The van der Waals surface area contributed by atoms with Crippen molar-refractivity contribution in [1.82, 2.24) is 5.16 Å². The highest BCUT2D eigenvalue weighted by Crippen LogP contribution is 2.15. The Morgan fingerprint density at radius 2 is 2.19 bits per heavy atom. The first-order valence-electron chi connectivity index (χ1n) is 4.69. The Balaban J connectivity index is 2.00. The maximum Gasteiger partial charge on any atom is 0.230 e. The summed E-state index contributed by atoms with van der Waals surface area (Å²) in [5.74, 6) is 0.221. The smallest absolute Gasteiger partial charge is 0.230 e. The van der Waals surface area contributed by atoms with E-state index in [0.717, 1.165) is 5.56 Å². The Hall–Kier alpha value is -1.81. The molecule has 0 unspecified atom stereocenters. The number of nitrogens with one attached hydrogen (secondary N) is 1. The molecule has 1 aromatic carbocycles. The van der Waals surface area contributed by atoms with Crippen molar-refractivity contribution in [2.24, 2.45) is 0 Å². The molecule has 0 spiro atoms. The molecule has 16 heavy (non-hydrogen) atoms. The standard InChI is InChI=1S/C11H9ClN2O2/c12-9-4-2-1-3-8(9)7-11(15)13-10-5-6-16-14-10/h1-6H,7H2,(H,13,14,15). The van der Waals surface area contributed by atoms with Gasteiger partial charge in [-0.1, -0.05) is 35.0 Å². The van der Waals surface area contributed by atoms with Crippen molar-refractivity contribution >= 4 is 23.3 Å². The number of benzene rings is 1. The summed E-state index contributed by atoms with van der Waals surface area (Å²) in [4.78, 5) is 11.6. The van der Waals surface area contributed by atoms with Crippen LogP contribution in [0, 0.1) is 0 Å². The third-order valence-corrected chi connectivity index (χ3v) is 2.38. The van der Waals surface area contributed by atoms with Gasteiger partial charge in [-0.15, -0.1) is 0 Å². The van der Waals surface area contributed by atoms with Crippen LogP contribution in [0.1, 0.15) is 5.56 Å². The minimum absolute atomic E-state index is 0.179. The number of hydrogen-bond acceptors (Lipinski definition) is 3. The Labute approximate surface area is 97.2 Å². The summed E-state index contributed by atoms with van der Waals surface area (Å²) < 4.78 is 4.60. The molecule has 0 bridgehead atoms. The second-order valence-electron chi connectivity index (χ2n) is 3.20. The van der Waals surface area contributed by atoms with Crippen LogP contribution in [0.5, 0.6) is 0 Å². The van der Waals surface area contributed by atoms with Crippen LogP contribution in [0.25, 0.3) is 0 Å². The molecule has 0 fully saturated rings. The zero-order chi connectivity index (χ0) is 11.4. The molecule has 0 aliphatic rings. The van der Waals surface area contributed by atoms with Crippen molar-refractivity contribution < 1.29 is 9.32 Å². The van der Waals surface area contributed by atoms with E-state index in [1.54, 1.807) is 12.1 Å². The molecule has 0 saturated heterocycles. The van der Waals surface area contributed by atoms with Crippen LogP contribution < -0.4 is 5.32 Å². The molecule has 82 valence electrons. The van der Waals surface area contributed by atoms with Crippen LogP contribution in [0.3, 0.4) is 0 Å². The largest absolute Gasteiger partial charge is 0.363 e. The predicted octanol–water partition coefficient (Wildman–Crippen LogP) is 2.51. The molecule has 0 atom stereocenters. The van der Waals surface area contributed by atoms with Gasteiger partial charge in [-0.2, -0.15) is 0 Å². The number of aromatic nitrogens is 1. The van der Waals surface area contributed by atoms with E-state index in [1.807, 2.05) is 18.2 Å². The number of anilines is 1. The van der Waals surface area contributed by atoms with Crippen molar-refractivity contribution in [1.29, 1.82) is 0 Å². The monoisotopic (exact) mass is 236 g/mol. The van der Waals surface area contributed by atoms with Gasteiger partial charge >= 0.3 is 0 Å². The van der Waals surface area contributed by atoms with E-state index < -0.39 is 0 Å². The number of carbonyl (C=O) groups excluding carboxylic acids is 1. The molecule has 1 N–H and O–H groups in total. The molecular weight excluding hydrogens is 228 g/mol. The highest BCUT2D eigenvalue weighted by atomic mass is 35.5. The van der Waals surface area contributed by atoms with Crippen LogP contribution in [0.15, 0.2) is 41.1 Å². The quantitative estimate of drug-likeness (QED) is 0.891. The molecule has 1 aromatic heterocycles. The molecule has 2 aromatic rings. The van der Waals surface area contributed by atoms with E-state index in [4.69, 9.17) is 11.6 Å². The van der Waals surface area contributed by atoms with Gasteiger partial charge in [0.1, 0.15) is 6.26 Å². The lowest BCUT2D eigenvalue weighted by molar-refractivity contribution is -0.115. The molecule has 0 aliphatic heterocycles. The Kier molecular flexibility index (Phi) is 3.22. The highest BCUT2D eigenvalue weighted by molar-refractivity contribution is 6.31. The van der Waals surface area contributed by atoms with Gasteiger partial charge in [0.25, 0.3) is 0 Å². The molecule has 1 amide bonds. The van der Waals surface area contributed by atoms with E-state index in [0.29, 0.717) is 10.8 Å². The number of amides is 1. The molecule has 0 radical (unpaired) electrons. The first kappa shape index (κ1) is 10.7. The van der Waals surface area contributed by atoms with Crippen LogP contribution in [-0.4, -0.2) is 11.1 Å². The fraction of sp³-hybridized carbons (Fsp3) is 0.0909. The van der Waals surface area contributed by atoms with Crippen molar-refractivity contribution in [3.05, 3.63) is 47.2 Å². The number of nitrogens with zero attached hydrogens (tertiary/aromatic N) is 1. The fourth-order valence-corrected chi connectivity index (χ4v) is 1.48. The van der Waals surface area contributed by atoms with Crippen LogP contribution in [0.4, 0.5) is 5.82 Å². The Bertz CT molecular complexity index is 482. The SMILES string of the molecule is O=C(Cc1ccccc1Cl)Nc1ccon1. The normalized spacial score (nSPS) is 10.1. The zero-order valence-electron chi connectivity index (χ0n) is 8.31. The summed E-state index contributed by atoms with van der Waals surface area (Å²) in [7, 11) is 0. The summed E-state index contributed by atoms with van der Waals surface area (Å²) >= 11 is 5.94. The minimum atomic E-state index is -0.179. The van der Waals surface area contributed by atoms with Gasteiger partial charge in [-0.25, -0.2) is 0 Å². The molecule has 0 saturated carbocycles. The second kappa shape index (κ2) is 4.81. The molecule has 2 rings (SSSR count). The maximum absolute atomic E-state index is 11.6. The summed E-state index contributed by atoms with van der Waals surface area (Å²) in [6, 6.07) is 8.79. The summed E-state index contributed by atoms with van der Waals surface area (Å²) in [6.07, 6.45) is 1.61. The molecule has 0 aliphatic carbocycles. The minimum Gasteiger partial charge on any atom is -0.363 e. The van der Waals surface area contributed by atoms with Crippen molar-refractivity contribution in [2.75, 3.05) is 5.32 Å². The number of carbonyl (C=O) groups is 1. The van der Waals surface area contributed by atoms with Gasteiger partial charge in [-0.3, -0.25) is 4.79 Å². The van der Waals surface area contributed by atoms with Crippen LogP contribution in [-0.2, 0) is 11.2 Å². The lowest BCUT2D eigenvalue weighted by atomic mass is 10.1. The molecular formula is C11H9ClN2O2. The third-order valence-electron chi connectivity index (χ3n) is 2.01. The van der Waals surface area contributed by atoms with Crippen molar-refractivity contribution in [3.8, 4) is 0 Å². The lowest BCUT2D eigenvalue weighted by Crippen LogP contribution is -2.14. The van der Waals surface area contributed by atoms with Crippen molar-refractivity contribution in [2.45, 2.75) is 6.42 Å². The van der Waals surface area contributed by atoms with E-state index in [2.05, 4.69) is 15.0 Å². The second-order valence-corrected chi connectivity index (χ2v) is 3.61. The number of hydrogen-bond donors (Lipinski definition) is 1. The van der Waals surface area contributed by atoms with E-state index in [1.165, 1.54) is 6.26 Å². The first-order valence-corrected chi connectivity index (χ1v) is 5.07. The third kappa shape index (κ3) is 2.61. The van der Waals surface area contributed by atoms with Crippen LogP contribution >= 0.6 is 11.6 Å². The first-order chi connectivity index (χ1) is 7.75. The number of rotatable bonds is 3. The average Bonchev–Trinajstić information content (AvgIpc) is 2.74. The van der Waals surface area contributed by atoms with Crippen molar-refractivity contribution in [3.63, 3.8) is 0 Å². The van der Waals surface area contributed by atoms with E-state index in [9.17, 15) is 4.79 Å². The maximum atomic E-state index is 11.6. The Morgan fingerprint density at radius 3 is 2.88 bits per heavy atom. The summed E-state index contributed by atoms with van der Waals surface area (Å²) in [5.41, 5.74) is 0.783. The van der Waals surface area contributed by atoms with E-state index >= 15 is 0 Å². The van der Waals surface area contributed by atoms with Gasteiger partial charge in [0.2, 0.25) is 5.91 Å². The average molecular weight is 237 g/mol. The van der Waals surface area contributed by atoms with Gasteiger partial charge in [0.15, 0.2) is 5.82 Å². The summed E-state index contributed by atoms with van der Waals surface area (Å²) in [6.45, 7) is 0. The fourth-order valence-electron chi connectivity index (χ4n) is 1.28. The number of halogens is 1. The predicted molar refractivity (Wildman–Crippen MR) is 60.3 cm³/mol. The topological polar surface area (TPSA) is 55.1 Å². The highest BCUT2D eigenvalue weighted by Gasteiger charge is 2.07. The molecule has 5 heteroatoms. The van der Waals surface area contributed by atoms with Crippen LogP contribution in [0.2, 0.25) is 5.02 Å². The van der Waals surface area contributed by atoms with Gasteiger partial charge in [-0.05, 0) is 11.6 Å². The zero-order valence-corrected chi connectivity index (χ0v) is 9.07. The van der Waals surface area contributed by atoms with Gasteiger partial charge < -0.3 is 9.84 Å². The van der Waals surface area contributed by atoms with Gasteiger partial charge in [0, 0.05) is 11.1 Å². The molecule has 1 heterocycles. The van der Waals surface area contributed by atoms with E-state index in [-0.39, 0.29) is 12.3 Å². The lowest BCUT2D eigenvalue weighted by Gasteiger charge is -2.03. The van der Waals surface area contributed by atoms with Gasteiger partial charge in [0.05, 0.1) is 6.42 Å².